The van der Waals surface area contributed by atoms with Crippen LogP contribution in [0.3, 0.4) is 0 Å². The maximum absolute atomic E-state index is 11.8. The van der Waals surface area contributed by atoms with E-state index < -0.39 is 163 Å². The summed E-state index contributed by atoms with van der Waals surface area (Å²) in [5.74, 6) is -5.59. The highest BCUT2D eigenvalue weighted by molar-refractivity contribution is 6.76. The molecule has 0 spiro atoms. The third kappa shape index (κ3) is 31.1. The van der Waals surface area contributed by atoms with Gasteiger partial charge in [0.1, 0.15) is 67.1 Å². The number of nitrogens with one attached hydrogen (secondary N) is 1. The Balaban J connectivity index is 0.00000133. The monoisotopic (exact) mass is 1430 g/mol. The predicted molar refractivity (Wildman–Crippen MR) is 350 cm³/mol. The van der Waals surface area contributed by atoms with E-state index in [1.54, 1.807) is 48.6 Å². The Morgan fingerprint density at radius 1 is 0.454 bits per heavy atom. The van der Waals surface area contributed by atoms with E-state index in [9.17, 15) is 53.7 Å². The number of phenols is 1. The van der Waals surface area contributed by atoms with Crippen LogP contribution in [0, 0.1) is 5.41 Å². The maximum atomic E-state index is 11.8. The summed E-state index contributed by atoms with van der Waals surface area (Å²) in [6, 6.07) is 21.3. The van der Waals surface area contributed by atoms with Crippen LogP contribution in [0.5, 0.6) is 17.2 Å². The molecule has 32 heteroatoms. The first-order valence-electron chi connectivity index (χ1n) is 28.6. The number of aliphatic hydroxyl groups is 4. The molecule has 0 aromatic heterocycles. The van der Waals surface area contributed by atoms with Gasteiger partial charge in [0.25, 0.3) is 3.79 Å². The van der Waals surface area contributed by atoms with Crippen LogP contribution in [-0.4, -0.2) is 203 Å². The number of hydrogen-bond donors (Lipinski definition) is 6. The summed E-state index contributed by atoms with van der Waals surface area (Å²) in [6.07, 6.45) is -12.1. The first kappa shape index (κ1) is 89.2. The van der Waals surface area contributed by atoms with Crippen LogP contribution in [-0.2, 0) is 114 Å². The molecule has 0 saturated carbocycles. The third-order valence-corrected chi connectivity index (χ3v) is 13.2. The number of hydrogen-bond acceptors (Lipinski definition) is 28. The third-order valence-electron chi connectivity index (χ3n) is 12.7. The topological polar surface area (TPSA) is 391 Å². The quantitative estimate of drug-likeness (QED) is 0.0129. The van der Waals surface area contributed by atoms with Crippen molar-refractivity contribution in [2.75, 3.05) is 19.8 Å². The van der Waals surface area contributed by atoms with E-state index in [2.05, 4.69) is 19.7 Å². The molecule has 3 aliphatic rings. The van der Waals surface area contributed by atoms with Crippen molar-refractivity contribution in [3.05, 3.63) is 127 Å². The summed E-state index contributed by atoms with van der Waals surface area (Å²) in [5.41, 5.74) is 3.23. The van der Waals surface area contributed by atoms with Gasteiger partial charge in [-0.2, -0.15) is 0 Å². The second-order valence-corrected chi connectivity index (χ2v) is 22.7. The van der Waals surface area contributed by atoms with E-state index in [1.165, 1.54) is 12.5 Å². The van der Waals surface area contributed by atoms with Crippen molar-refractivity contribution < 1.29 is 130 Å². The van der Waals surface area contributed by atoms with E-state index in [-0.39, 0.29) is 29.9 Å². The van der Waals surface area contributed by atoms with Crippen molar-refractivity contribution in [2.45, 2.75) is 185 Å². The van der Waals surface area contributed by atoms with Gasteiger partial charge in [0.15, 0.2) is 24.4 Å². The molecule has 3 radical (unpaired) electrons. The van der Waals surface area contributed by atoms with Gasteiger partial charge in [-0.3, -0.25) is 43.8 Å². The molecular formula is C65H86BCl3NO27. The van der Waals surface area contributed by atoms with Gasteiger partial charge in [-0.15, -0.1) is 19.7 Å². The molecule has 0 amide bonds. The van der Waals surface area contributed by atoms with Crippen LogP contribution in [0.2, 0.25) is 0 Å². The fraction of sp³-hybridized carbons (Fsp3) is 0.492. The Bertz CT molecular complexity index is 3010. The second kappa shape index (κ2) is 44.2. The first-order valence-corrected chi connectivity index (χ1v) is 29.7. The molecule has 3 saturated heterocycles. The Morgan fingerprint density at radius 3 is 1.09 bits per heavy atom. The zero-order valence-electron chi connectivity index (χ0n) is 53.1. The average Bonchev–Trinajstić information content (AvgIpc) is 0.797. The first-order chi connectivity index (χ1) is 44.2. The van der Waals surface area contributed by atoms with Crippen LogP contribution in [0.15, 0.2) is 111 Å². The molecule has 3 fully saturated rings. The molecule has 0 aliphatic carbocycles. The van der Waals surface area contributed by atoms with Gasteiger partial charge < -0.3 is 91.8 Å². The fourth-order valence-electron chi connectivity index (χ4n) is 8.72. The number of esters is 8. The van der Waals surface area contributed by atoms with Crippen LogP contribution >= 0.6 is 34.8 Å². The molecule has 3 aromatic rings. The van der Waals surface area contributed by atoms with Crippen LogP contribution in [0.1, 0.15) is 86.9 Å². The highest BCUT2D eigenvalue weighted by Crippen LogP contribution is 2.35. The lowest BCUT2D eigenvalue weighted by molar-refractivity contribution is -0.292. The van der Waals surface area contributed by atoms with Crippen molar-refractivity contribution in [3.63, 3.8) is 0 Å². The van der Waals surface area contributed by atoms with Crippen molar-refractivity contribution >= 4 is 96.9 Å². The number of allylic oxidation sites excluding steroid dienone is 3. The summed E-state index contributed by atoms with van der Waals surface area (Å²) in [6.45, 7) is 18.7. The highest BCUT2D eigenvalue weighted by Gasteiger charge is 2.56. The molecule has 15 atom stereocenters. The zero-order chi connectivity index (χ0) is 70.6. The minimum Gasteiger partial charge on any atom is -0.508 e. The number of carbonyl (C=O) groups excluding carboxylic acids is 8. The van der Waals surface area contributed by atoms with Gasteiger partial charge in [-0.1, -0.05) is 104 Å². The standard InChI is InChI=1S/C23H28O10.C16H20Cl3NO10.C15H20O6.C9H10O.2CH4.B/c1-6-7-17-8-10-18(11-9-17)32-23-22(31-16(5)27)21(30-15(4)26)20(29-14(3)25)19(33-23)12-28-13(2)24;1-6(21)25-5-10-11(26-7(2)22)12(27-8(3)23)13(28-9(4)24)14(29-10)30-15(20)16(17,18)19;1-2-3-9-4-6-10(7-5-9)20-15-14(19)13(18)12(17)11(8-16)21-15;1-2-3-8-4-6-9(10)7-5-8;;;/h6,8-11,19-23H,1,7,12H2,2-5H3;10-14,20H,5H2,1-4H3;2,4-7,11-19H,1,3,8H2;2,4-7,10H,1,3H2;2*1H4;/t19-,20-,21+,22-,23-;10-,11-,12+,13-,14+;11-,12-,13+,14-,15-;;;;/m111..../s1. The molecule has 97 heavy (non-hydrogen) atoms. The van der Waals surface area contributed by atoms with Crippen LogP contribution in [0.25, 0.3) is 0 Å². The number of aliphatic hydroxyl groups excluding tert-OH is 4. The molecular weight excluding hydrogens is 1340 g/mol. The Hall–Kier alpha value is -7.84. The molecule has 6 rings (SSSR count). The Morgan fingerprint density at radius 2 is 0.763 bits per heavy atom. The van der Waals surface area contributed by atoms with E-state index in [0.29, 0.717) is 23.7 Å². The summed E-state index contributed by atoms with van der Waals surface area (Å²) in [5, 5.41) is 55.0. The smallest absolute Gasteiger partial charge is 0.303 e. The number of halogens is 3. The number of phenolic OH excluding ortho intramolecular Hbond substituents is 1. The van der Waals surface area contributed by atoms with Crippen molar-refractivity contribution in [1.82, 2.24) is 0 Å². The summed E-state index contributed by atoms with van der Waals surface area (Å²) in [7, 11) is 0. The van der Waals surface area contributed by atoms with Gasteiger partial charge in [-0.25, -0.2) is 0 Å². The van der Waals surface area contributed by atoms with E-state index in [4.69, 9.17) is 117 Å². The van der Waals surface area contributed by atoms with E-state index in [1.807, 2.05) is 42.5 Å². The number of alkyl halides is 3. The van der Waals surface area contributed by atoms with Crippen LogP contribution < -0.4 is 9.47 Å². The second-order valence-electron chi connectivity index (χ2n) is 20.4. The normalized spacial score (nSPS) is 24.3. The number of carbonyl (C=O) groups is 8. The van der Waals surface area contributed by atoms with Gasteiger partial charge in [-0.05, 0) is 72.4 Å². The van der Waals surface area contributed by atoms with Crippen molar-refractivity contribution in [2.24, 2.45) is 0 Å². The molecule has 3 heterocycles. The van der Waals surface area contributed by atoms with Gasteiger partial charge in [0.2, 0.25) is 37.0 Å². The Labute approximate surface area is 579 Å². The average molecular weight is 1430 g/mol. The van der Waals surface area contributed by atoms with Gasteiger partial charge >= 0.3 is 47.8 Å². The zero-order valence-corrected chi connectivity index (χ0v) is 55.4. The lowest BCUT2D eigenvalue weighted by atomic mass is 9.98. The number of benzene rings is 3. The van der Waals surface area contributed by atoms with Gasteiger partial charge in [0, 0.05) is 63.8 Å². The molecule has 3 aliphatic heterocycles. The van der Waals surface area contributed by atoms with Gasteiger partial charge in [0.05, 0.1) is 6.61 Å². The minimum atomic E-state index is -2.29. The summed E-state index contributed by atoms with van der Waals surface area (Å²) < 4.78 is 72.5. The van der Waals surface area contributed by atoms with E-state index >= 15 is 0 Å². The molecule has 0 unspecified atom stereocenters. The number of aromatic hydroxyl groups is 1. The van der Waals surface area contributed by atoms with Crippen molar-refractivity contribution in [1.29, 1.82) is 5.41 Å². The lowest BCUT2D eigenvalue weighted by Crippen LogP contribution is -2.63. The Kier molecular flexibility index (Phi) is 40.6. The molecule has 0 bridgehead atoms. The fourth-order valence-corrected chi connectivity index (χ4v) is 8.86. The van der Waals surface area contributed by atoms with E-state index in [0.717, 1.165) is 72.4 Å². The number of ether oxygens (including phenoxy) is 14. The summed E-state index contributed by atoms with van der Waals surface area (Å²) >= 11 is 16.8. The molecule has 537 valence electrons. The minimum absolute atomic E-state index is 0. The predicted octanol–water partition coefficient (Wildman–Crippen LogP) is 5.92. The van der Waals surface area contributed by atoms with Crippen LogP contribution in [0.4, 0.5) is 0 Å². The molecule has 6 N–H and O–H groups in total. The number of rotatable bonds is 22. The largest absolute Gasteiger partial charge is 0.508 e. The summed E-state index contributed by atoms with van der Waals surface area (Å²) in [4.78, 5) is 92.8. The SMILES string of the molecule is C.C.C=CCc1ccc(O)cc1.C=CCc1ccc(O[C@@H]2O[C@H](CO)[C@@H](O)[C@H](O)[C@H]2O)cc1.C=CCc1ccc(O[C@@H]2O[C@H](COC(C)=O)[C@@H](OC(C)=O)[C@H](OC(C)=O)[C@H]2OC(C)=O)cc1.CC(=O)OC[C@H]1O[C@@H](OC(=N)C(Cl)(Cl)Cl)[C@H](OC(C)=O)[C@@H](OC(C)=O)[C@@H]1OC(C)=O.[B]. The molecule has 28 nitrogen and oxygen atoms in total. The maximum Gasteiger partial charge on any atom is 0.303 e. The highest BCUT2D eigenvalue weighted by atomic mass is 35.6. The lowest BCUT2D eigenvalue weighted by Gasteiger charge is -2.44. The van der Waals surface area contributed by atoms with Crippen molar-refractivity contribution in [3.8, 4) is 17.2 Å². The molecule has 3 aromatic carbocycles.